The molecule has 0 aliphatic heterocycles. The van der Waals surface area contributed by atoms with Crippen LogP contribution in [-0.2, 0) is 22.6 Å². The van der Waals surface area contributed by atoms with Crippen LogP contribution in [0, 0.1) is 11.3 Å². The Morgan fingerprint density at radius 3 is 2.78 bits per heavy atom. The summed E-state index contributed by atoms with van der Waals surface area (Å²) in [6.07, 6.45) is 0.854. The smallest absolute Gasteiger partial charge is 0.306 e. The first-order chi connectivity index (χ1) is 11.3. The van der Waals surface area contributed by atoms with Gasteiger partial charge in [-0.3, -0.25) is 4.79 Å². The highest BCUT2D eigenvalue weighted by molar-refractivity contribution is 7.18. The van der Waals surface area contributed by atoms with Crippen LogP contribution in [0.3, 0.4) is 0 Å². The monoisotopic (exact) mass is 322 g/mol. The van der Waals surface area contributed by atoms with Crippen LogP contribution in [0.15, 0.2) is 48.5 Å². The topological polar surface area (TPSA) is 63.0 Å². The van der Waals surface area contributed by atoms with E-state index in [1.165, 1.54) is 0 Å². The van der Waals surface area contributed by atoms with E-state index in [2.05, 4.69) is 11.1 Å². The number of hydrogen-bond acceptors (Lipinski definition) is 5. The van der Waals surface area contributed by atoms with Gasteiger partial charge in [0.2, 0.25) is 0 Å². The molecule has 2 aromatic carbocycles. The first-order valence-electron chi connectivity index (χ1n) is 7.24. The van der Waals surface area contributed by atoms with Crippen LogP contribution < -0.4 is 0 Å². The Kier molecular flexibility index (Phi) is 4.65. The molecule has 3 rings (SSSR count). The fourth-order valence-corrected chi connectivity index (χ4v) is 3.19. The SMILES string of the molecule is N#Cc1ccccc1COC(=O)CCc1nc2ccccc2s1. The molecule has 0 bridgehead atoms. The van der Waals surface area contributed by atoms with E-state index < -0.39 is 0 Å². The minimum atomic E-state index is -0.281. The molecule has 23 heavy (non-hydrogen) atoms. The molecule has 4 nitrogen and oxygen atoms in total. The molecule has 0 amide bonds. The average molecular weight is 322 g/mol. The molecule has 1 heterocycles. The minimum Gasteiger partial charge on any atom is -0.461 e. The second-order valence-electron chi connectivity index (χ2n) is 5.00. The predicted molar refractivity (Wildman–Crippen MR) is 88.9 cm³/mol. The lowest BCUT2D eigenvalue weighted by atomic mass is 10.1. The molecule has 0 unspecified atom stereocenters. The second-order valence-corrected chi connectivity index (χ2v) is 6.12. The van der Waals surface area contributed by atoms with Gasteiger partial charge in [-0.1, -0.05) is 30.3 Å². The maximum Gasteiger partial charge on any atom is 0.306 e. The van der Waals surface area contributed by atoms with E-state index in [0.29, 0.717) is 12.0 Å². The van der Waals surface area contributed by atoms with E-state index in [1.54, 1.807) is 29.5 Å². The van der Waals surface area contributed by atoms with E-state index in [-0.39, 0.29) is 19.0 Å². The van der Waals surface area contributed by atoms with Crippen molar-refractivity contribution in [3.63, 3.8) is 0 Å². The van der Waals surface area contributed by atoms with Gasteiger partial charge in [0.25, 0.3) is 0 Å². The number of carbonyl (C=O) groups excluding carboxylic acids is 1. The third-order valence-electron chi connectivity index (χ3n) is 3.41. The van der Waals surface area contributed by atoms with Gasteiger partial charge in [0, 0.05) is 12.0 Å². The lowest BCUT2D eigenvalue weighted by Crippen LogP contribution is -2.06. The third-order valence-corrected chi connectivity index (χ3v) is 4.50. The number of hydrogen-bond donors (Lipinski definition) is 0. The van der Waals surface area contributed by atoms with E-state index in [1.807, 2.05) is 30.3 Å². The van der Waals surface area contributed by atoms with Gasteiger partial charge < -0.3 is 4.74 Å². The molecule has 5 heteroatoms. The summed E-state index contributed by atoms with van der Waals surface area (Å²) >= 11 is 1.60. The van der Waals surface area contributed by atoms with Crippen molar-refractivity contribution in [1.82, 2.24) is 4.98 Å². The molecular weight excluding hydrogens is 308 g/mol. The van der Waals surface area contributed by atoms with Crippen molar-refractivity contribution >= 4 is 27.5 Å². The lowest BCUT2D eigenvalue weighted by Gasteiger charge is -2.05. The second kappa shape index (κ2) is 7.03. The number of fused-ring (bicyclic) bond motifs is 1. The molecule has 0 aliphatic rings. The lowest BCUT2D eigenvalue weighted by molar-refractivity contribution is -0.144. The number of carbonyl (C=O) groups is 1. The molecule has 3 aromatic rings. The molecule has 0 spiro atoms. The van der Waals surface area contributed by atoms with Crippen LogP contribution >= 0.6 is 11.3 Å². The fraction of sp³-hybridized carbons (Fsp3) is 0.167. The van der Waals surface area contributed by atoms with Gasteiger partial charge in [0.1, 0.15) is 6.61 Å². The molecule has 0 N–H and O–H groups in total. The zero-order valence-corrected chi connectivity index (χ0v) is 13.2. The number of rotatable bonds is 5. The molecule has 0 saturated heterocycles. The number of ether oxygens (including phenoxy) is 1. The Labute approximate surface area is 138 Å². The van der Waals surface area contributed by atoms with Gasteiger partial charge in [-0.05, 0) is 18.2 Å². The van der Waals surface area contributed by atoms with E-state index in [9.17, 15) is 4.79 Å². The van der Waals surface area contributed by atoms with Crippen LogP contribution in [0.2, 0.25) is 0 Å². The number of esters is 1. The number of nitrogens with zero attached hydrogens (tertiary/aromatic N) is 2. The van der Waals surface area contributed by atoms with Crippen molar-refractivity contribution in [3.8, 4) is 6.07 Å². The minimum absolute atomic E-state index is 0.127. The van der Waals surface area contributed by atoms with Crippen molar-refractivity contribution in [2.75, 3.05) is 0 Å². The Morgan fingerprint density at radius 2 is 1.96 bits per heavy atom. The van der Waals surface area contributed by atoms with Gasteiger partial charge in [-0.2, -0.15) is 5.26 Å². The van der Waals surface area contributed by atoms with Crippen molar-refractivity contribution in [3.05, 3.63) is 64.7 Å². The molecule has 114 valence electrons. The fourth-order valence-electron chi connectivity index (χ4n) is 2.22. The Hall–Kier alpha value is -2.71. The highest BCUT2D eigenvalue weighted by Gasteiger charge is 2.09. The predicted octanol–water partition coefficient (Wildman–Crippen LogP) is 3.84. The van der Waals surface area contributed by atoms with Crippen LogP contribution in [-0.4, -0.2) is 11.0 Å². The highest BCUT2D eigenvalue weighted by atomic mass is 32.1. The Morgan fingerprint density at radius 1 is 1.17 bits per heavy atom. The van der Waals surface area contributed by atoms with Crippen LogP contribution in [0.25, 0.3) is 10.2 Å². The Bertz CT molecular complexity index is 847. The van der Waals surface area contributed by atoms with Gasteiger partial charge >= 0.3 is 5.97 Å². The van der Waals surface area contributed by atoms with Crippen LogP contribution in [0.4, 0.5) is 0 Å². The van der Waals surface area contributed by atoms with E-state index >= 15 is 0 Å². The molecule has 0 saturated carbocycles. The van der Waals surface area contributed by atoms with Crippen LogP contribution in [0.1, 0.15) is 22.6 Å². The van der Waals surface area contributed by atoms with Crippen molar-refractivity contribution < 1.29 is 9.53 Å². The molecule has 0 aliphatic carbocycles. The molecule has 0 atom stereocenters. The first kappa shape index (κ1) is 15.2. The number of aromatic nitrogens is 1. The number of aryl methyl sites for hydroxylation is 1. The molecule has 0 radical (unpaired) electrons. The maximum atomic E-state index is 11.9. The van der Waals surface area contributed by atoms with Crippen molar-refractivity contribution in [2.45, 2.75) is 19.4 Å². The first-order valence-corrected chi connectivity index (χ1v) is 8.06. The summed E-state index contributed by atoms with van der Waals surface area (Å²) in [7, 11) is 0. The highest BCUT2D eigenvalue weighted by Crippen LogP contribution is 2.22. The quantitative estimate of drug-likeness (QED) is 0.669. The standard InChI is InChI=1S/C18H14N2O2S/c19-11-13-5-1-2-6-14(13)12-22-18(21)10-9-17-20-15-7-3-4-8-16(15)23-17/h1-8H,9-10,12H2. The van der Waals surface area contributed by atoms with Gasteiger partial charge in [0.15, 0.2) is 0 Å². The summed E-state index contributed by atoms with van der Waals surface area (Å²) in [6, 6.07) is 17.1. The molecule has 0 fully saturated rings. The van der Waals surface area contributed by atoms with E-state index in [4.69, 9.17) is 10.00 Å². The maximum absolute atomic E-state index is 11.9. The zero-order chi connectivity index (χ0) is 16.1. The van der Waals surface area contributed by atoms with Gasteiger partial charge in [-0.15, -0.1) is 11.3 Å². The third kappa shape index (κ3) is 3.74. The zero-order valence-electron chi connectivity index (χ0n) is 12.4. The Balaban J connectivity index is 1.54. The van der Waals surface area contributed by atoms with E-state index in [0.717, 1.165) is 20.8 Å². The molecular formula is C18H14N2O2S. The van der Waals surface area contributed by atoms with Crippen molar-refractivity contribution in [2.24, 2.45) is 0 Å². The summed E-state index contributed by atoms with van der Waals surface area (Å²) in [5, 5.41) is 9.94. The average Bonchev–Trinajstić information content (AvgIpc) is 3.01. The summed E-state index contributed by atoms with van der Waals surface area (Å²) in [5.41, 5.74) is 2.22. The summed E-state index contributed by atoms with van der Waals surface area (Å²) in [5.74, 6) is -0.281. The summed E-state index contributed by atoms with van der Waals surface area (Å²) in [4.78, 5) is 16.4. The van der Waals surface area contributed by atoms with Gasteiger partial charge in [0.05, 0.1) is 33.3 Å². The molecule has 1 aromatic heterocycles. The van der Waals surface area contributed by atoms with Crippen molar-refractivity contribution in [1.29, 1.82) is 5.26 Å². The number of benzene rings is 2. The largest absolute Gasteiger partial charge is 0.461 e. The number of thiazole rings is 1. The van der Waals surface area contributed by atoms with Crippen LogP contribution in [0.5, 0.6) is 0 Å². The summed E-state index contributed by atoms with van der Waals surface area (Å²) < 4.78 is 6.38. The van der Waals surface area contributed by atoms with Gasteiger partial charge in [-0.25, -0.2) is 4.98 Å². The normalized spacial score (nSPS) is 10.4. The number of para-hydroxylation sites is 1. The summed E-state index contributed by atoms with van der Waals surface area (Å²) in [6.45, 7) is 0.127. The number of nitriles is 1.